The Labute approximate surface area is 112 Å². The summed E-state index contributed by atoms with van der Waals surface area (Å²) in [5.41, 5.74) is 2.44. The van der Waals surface area contributed by atoms with Crippen LogP contribution in [-0.4, -0.2) is 22.9 Å². The fourth-order valence-corrected chi connectivity index (χ4v) is 2.72. The first-order chi connectivity index (χ1) is 8.84. The maximum absolute atomic E-state index is 6.05. The van der Waals surface area contributed by atoms with Crippen LogP contribution in [0.5, 0.6) is 0 Å². The molecule has 1 fully saturated rings. The molecule has 1 aliphatic rings. The fraction of sp³-hybridized carbons (Fsp3) is 0.357. The van der Waals surface area contributed by atoms with Crippen LogP contribution in [0.2, 0.25) is 5.15 Å². The molecule has 2 aromatic rings. The number of piperidine rings is 1. The molecular weight excluding hydrogens is 246 g/mol. The molecule has 18 heavy (non-hydrogen) atoms. The van der Waals surface area contributed by atoms with Gasteiger partial charge >= 0.3 is 0 Å². The highest BCUT2D eigenvalue weighted by molar-refractivity contribution is 6.29. The van der Waals surface area contributed by atoms with Crippen LogP contribution < -0.4 is 5.32 Å². The summed E-state index contributed by atoms with van der Waals surface area (Å²) in [4.78, 5) is 0. The fourth-order valence-electron chi connectivity index (χ4n) is 2.52. The third kappa shape index (κ3) is 2.28. The summed E-state index contributed by atoms with van der Waals surface area (Å²) in [7, 11) is 0. The summed E-state index contributed by atoms with van der Waals surface area (Å²) in [5.74, 6) is 0.688. The Morgan fingerprint density at radius 1 is 1.11 bits per heavy atom. The molecule has 0 amide bonds. The molecule has 0 spiro atoms. The quantitative estimate of drug-likeness (QED) is 0.901. The molecule has 1 N–H and O–H groups in total. The Hall–Kier alpha value is -1.32. The van der Waals surface area contributed by atoms with Gasteiger partial charge in [0, 0.05) is 0 Å². The number of halogens is 1. The lowest BCUT2D eigenvalue weighted by atomic mass is 9.90. The Morgan fingerprint density at radius 2 is 1.83 bits per heavy atom. The van der Waals surface area contributed by atoms with Crippen molar-refractivity contribution in [1.29, 1.82) is 0 Å². The van der Waals surface area contributed by atoms with Gasteiger partial charge < -0.3 is 5.32 Å². The van der Waals surface area contributed by atoms with E-state index in [9.17, 15) is 0 Å². The van der Waals surface area contributed by atoms with E-state index in [1.807, 2.05) is 0 Å². The number of aromatic nitrogens is 2. The van der Waals surface area contributed by atoms with E-state index >= 15 is 0 Å². The monoisotopic (exact) mass is 261 g/mol. The van der Waals surface area contributed by atoms with E-state index in [2.05, 4.69) is 34.7 Å². The van der Waals surface area contributed by atoms with Gasteiger partial charge in [0.15, 0.2) is 0 Å². The highest BCUT2D eigenvalue weighted by Crippen LogP contribution is 2.26. The van der Waals surface area contributed by atoms with Crippen molar-refractivity contribution in [1.82, 2.24) is 15.1 Å². The first kappa shape index (κ1) is 11.8. The second-order valence-corrected chi connectivity index (χ2v) is 5.07. The van der Waals surface area contributed by atoms with Crippen molar-refractivity contribution in [2.75, 3.05) is 13.1 Å². The standard InChI is InChI=1S/C14H16ClN3/c15-14-7-10-17-18(14)13-3-1-11(2-4-13)12-5-8-16-9-6-12/h1-4,7,10,12,16H,5-6,8-9H2. The molecule has 2 heterocycles. The van der Waals surface area contributed by atoms with Crippen molar-refractivity contribution in [3.8, 4) is 5.69 Å². The minimum Gasteiger partial charge on any atom is -0.317 e. The zero-order valence-electron chi connectivity index (χ0n) is 10.1. The van der Waals surface area contributed by atoms with Gasteiger partial charge in [-0.05, 0) is 55.6 Å². The molecule has 0 atom stereocenters. The van der Waals surface area contributed by atoms with Gasteiger partial charge in [0.25, 0.3) is 0 Å². The van der Waals surface area contributed by atoms with Gasteiger partial charge in [-0.25, -0.2) is 4.68 Å². The van der Waals surface area contributed by atoms with Crippen molar-refractivity contribution in [2.24, 2.45) is 0 Å². The maximum Gasteiger partial charge on any atom is 0.132 e. The molecule has 94 valence electrons. The average Bonchev–Trinajstić information content (AvgIpc) is 2.86. The maximum atomic E-state index is 6.05. The van der Waals surface area contributed by atoms with Crippen LogP contribution in [0, 0.1) is 0 Å². The number of hydrogen-bond acceptors (Lipinski definition) is 2. The van der Waals surface area contributed by atoms with Crippen LogP contribution >= 0.6 is 11.6 Å². The molecule has 4 heteroatoms. The lowest BCUT2D eigenvalue weighted by molar-refractivity contribution is 0.460. The van der Waals surface area contributed by atoms with Crippen molar-refractivity contribution in [2.45, 2.75) is 18.8 Å². The van der Waals surface area contributed by atoms with E-state index in [1.54, 1.807) is 16.9 Å². The molecule has 0 unspecified atom stereocenters. The van der Waals surface area contributed by atoms with Crippen molar-refractivity contribution in [3.63, 3.8) is 0 Å². The molecular formula is C14H16ClN3. The number of nitrogens with one attached hydrogen (secondary N) is 1. The van der Waals surface area contributed by atoms with E-state index in [4.69, 9.17) is 11.6 Å². The number of hydrogen-bond donors (Lipinski definition) is 1. The van der Waals surface area contributed by atoms with E-state index < -0.39 is 0 Å². The predicted octanol–water partition coefficient (Wildman–Crippen LogP) is 2.99. The van der Waals surface area contributed by atoms with Gasteiger partial charge in [-0.1, -0.05) is 23.7 Å². The summed E-state index contributed by atoms with van der Waals surface area (Å²) in [6.45, 7) is 2.24. The van der Waals surface area contributed by atoms with Crippen molar-refractivity contribution in [3.05, 3.63) is 47.2 Å². The Bertz CT molecular complexity index is 512. The summed E-state index contributed by atoms with van der Waals surface area (Å²) >= 11 is 6.05. The van der Waals surface area contributed by atoms with Gasteiger partial charge in [-0.3, -0.25) is 0 Å². The highest BCUT2D eigenvalue weighted by Gasteiger charge is 2.15. The van der Waals surface area contributed by atoms with Gasteiger partial charge in [0.05, 0.1) is 11.9 Å². The number of nitrogens with zero attached hydrogens (tertiary/aromatic N) is 2. The highest BCUT2D eigenvalue weighted by atomic mass is 35.5. The number of benzene rings is 1. The summed E-state index contributed by atoms with van der Waals surface area (Å²) in [5, 5.41) is 8.24. The largest absolute Gasteiger partial charge is 0.317 e. The molecule has 0 radical (unpaired) electrons. The lowest BCUT2D eigenvalue weighted by Gasteiger charge is -2.23. The first-order valence-electron chi connectivity index (χ1n) is 6.35. The van der Waals surface area contributed by atoms with Gasteiger partial charge in [0.1, 0.15) is 5.15 Å². The van der Waals surface area contributed by atoms with Crippen LogP contribution in [0.4, 0.5) is 0 Å². The smallest absolute Gasteiger partial charge is 0.132 e. The van der Waals surface area contributed by atoms with Gasteiger partial charge in [-0.2, -0.15) is 5.10 Å². The predicted molar refractivity (Wildman–Crippen MR) is 73.4 cm³/mol. The molecule has 0 saturated carbocycles. The SMILES string of the molecule is Clc1ccnn1-c1ccc(C2CCNCC2)cc1. The molecule has 1 aromatic heterocycles. The second-order valence-electron chi connectivity index (χ2n) is 4.68. The second kappa shape index (κ2) is 5.12. The normalized spacial score (nSPS) is 16.9. The van der Waals surface area contributed by atoms with Crippen molar-refractivity contribution < 1.29 is 0 Å². The van der Waals surface area contributed by atoms with Crippen LogP contribution in [0.3, 0.4) is 0 Å². The third-order valence-corrected chi connectivity index (χ3v) is 3.83. The minimum atomic E-state index is 0.643. The Morgan fingerprint density at radius 3 is 2.44 bits per heavy atom. The third-order valence-electron chi connectivity index (χ3n) is 3.54. The summed E-state index contributed by atoms with van der Waals surface area (Å²) in [6.07, 6.45) is 4.16. The van der Waals surface area contributed by atoms with Gasteiger partial charge in [-0.15, -0.1) is 0 Å². The first-order valence-corrected chi connectivity index (χ1v) is 6.73. The Kier molecular flexibility index (Phi) is 3.35. The summed E-state index contributed by atoms with van der Waals surface area (Å²) < 4.78 is 1.74. The topological polar surface area (TPSA) is 29.9 Å². The van der Waals surface area contributed by atoms with E-state index in [0.29, 0.717) is 11.1 Å². The van der Waals surface area contributed by atoms with Gasteiger partial charge in [0.2, 0.25) is 0 Å². The van der Waals surface area contributed by atoms with Crippen LogP contribution in [0.1, 0.15) is 24.3 Å². The molecule has 1 aliphatic heterocycles. The van der Waals surface area contributed by atoms with Crippen LogP contribution in [-0.2, 0) is 0 Å². The Balaban J connectivity index is 1.82. The average molecular weight is 262 g/mol. The zero-order valence-corrected chi connectivity index (χ0v) is 10.9. The molecule has 3 rings (SSSR count). The van der Waals surface area contributed by atoms with E-state index in [0.717, 1.165) is 18.8 Å². The van der Waals surface area contributed by atoms with E-state index in [1.165, 1.54) is 18.4 Å². The molecule has 1 saturated heterocycles. The minimum absolute atomic E-state index is 0.643. The molecule has 3 nitrogen and oxygen atoms in total. The lowest BCUT2D eigenvalue weighted by Crippen LogP contribution is -2.26. The van der Waals surface area contributed by atoms with Crippen LogP contribution in [0.25, 0.3) is 5.69 Å². The number of rotatable bonds is 2. The van der Waals surface area contributed by atoms with Crippen LogP contribution in [0.15, 0.2) is 36.5 Å². The van der Waals surface area contributed by atoms with E-state index in [-0.39, 0.29) is 0 Å². The van der Waals surface area contributed by atoms with Crippen molar-refractivity contribution >= 4 is 11.6 Å². The zero-order chi connectivity index (χ0) is 12.4. The summed E-state index contributed by atoms with van der Waals surface area (Å²) in [6, 6.07) is 10.4. The molecule has 1 aromatic carbocycles. The molecule has 0 aliphatic carbocycles. The molecule has 0 bridgehead atoms.